The molecule has 2 atom stereocenters. The van der Waals surface area contributed by atoms with Crippen molar-refractivity contribution in [3.05, 3.63) is 65.9 Å². The van der Waals surface area contributed by atoms with Gasteiger partial charge in [-0.2, -0.15) is 0 Å². The number of hydrogen-bond donors (Lipinski definition) is 3. The van der Waals surface area contributed by atoms with Gasteiger partial charge in [0.05, 0.1) is 11.6 Å². The van der Waals surface area contributed by atoms with Gasteiger partial charge in [-0.3, -0.25) is 4.79 Å². The average molecular weight is 391 g/mol. The van der Waals surface area contributed by atoms with Crippen LogP contribution in [0.4, 0.5) is 0 Å². The zero-order chi connectivity index (χ0) is 20.4. The van der Waals surface area contributed by atoms with Gasteiger partial charge in [0, 0.05) is 41.2 Å². The minimum absolute atomic E-state index is 0.0227. The number of aromatic hydroxyl groups is 1. The monoisotopic (exact) mass is 391 g/mol. The van der Waals surface area contributed by atoms with Crippen LogP contribution in [0.2, 0.25) is 0 Å². The molecule has 6 heteroatoms. The van der Waals surface area contributed by atoms with E-state index in [1.807, 2.05) is 30.5 Å². The van der Waals surface area contributed by atoms with E-state index in [1.54, 1.807) is 24.3 Å². The lowest BCUT2D eigenvalue weighted by Crippen LogP contribution is -2.32. The molecule has 0 saturated carbocycles. The van der Waals surface area contributed by atoms with Crippen LogP contribution in [0.3, 0.4) is 0 Å². The largest absolute Gasteiger partial charge is 0.508 e. The first-order valence-corrected chi connectivity index (χ1v) is 9.88. The molecule has 150 valence electrons. The molecule has 2 unspecified atom stereocenters. The number of phenolic OH excluding ortho intramolecular Hbond substituents is 1. The van der Waals surface area contributed by atoms with E-state index in [1.165, 1.54) is 0 Å². The lowest BCUT2D eigenvalue weighted by Gasteiger charge is -2.19. The molecule has 1 aliphatic heterocycles. The van der Waals surface area contributed by atoms with Crippen molar-refractivity contribution in [1.82, 2.24) is 10.3 Å². The smallest absolute Gasteiger partial charge is 0.220 e. The third kappa shape index (κ3) is 3.97. The Kier molecular flexibility index (Phi) is 5.25. The van der Waals surface area contributed by atoms with Crippen molar-refractivity contribution in [3.63, 3.8) is 0 Å². The predicted molar refractivity (Wildman–Crippen MR) is 113 cm³/mol. The lowest BCUT2D eigenvalue weighted by atomic mass is 9.86. The van der Waals surface area contributed by atoms with E-state index < -0.39 is 0 Å². The number of oxime groups is 1. The maximum Gasteiger partial charge on any atom is 0.220 e. The van der Waals surface area contributed by atoms with Gasteiger partial charge in [-0.05, 0) is 36.2 Å². The molecule has 1 aromatic heterocycles. The number of aromatic amines is 1. The van der Waals surface area contributed by atoms with Gasteiger partial charge in [0.2, 0.25) is 5.91 Å². The Balaban J connectivity index is 1.65. The van der Waals surface area contributed by atoms with Crippen LogP contribution in [-0.4, -0.2) is 28.3 Å². The number of hydrogen-bond acceptors (Lipinski definition) is 4. The molecule has 1 amide bonds. The third-order valence-corrected chi connectivity index (χ3v) is 5.18. The molecule has 0 fully saturated rings. The molecule has 0 bridgehead atoms. The van der Waals surface area contributed by atoms with Crippen molar-refractivity contribution in [2.24, 2.45) is 17.0 Å². The Morgan fingerprint density at radius 3 is 2.72 bits per heavy atom. The van der Waals surface area contributed by atoms with Gasteiger partial charge in [-0.25, -0.2) is 0 Å². The summed E-state index contributed by atoms with van der Waals surface area (Å²) >= 11 is 0. The highest BCUT2D eigenvalue weighted by Gasteiger charge is 2.38. The second-order valence-corrected chi connectivity index (χ2v) is 7.85. The summed E-state index contributed by atoms with van der Waals surface area (Å²) in [5, 5.41) is 18.0. The van der Waals surface area contributed by atoms with Crippen LogP contribution in [0, 0.1) is 11.8 Å². The minimum Gasteiger partial charge on any atom is -0.508 e. The first-order valence-electron chi connectivity index (χ1n) is 9.88. The summed E-state index contributed by atoms with van der Waals surface area (Å²) in [5.74, 6) is 0.317. The summed E-state index contributed by atoms with van der Waals surface area (Å²) in [5.41, 5.74) is 3.57. The zero-order valence-electron chi connectivity index (χ0n) is 16.6. The highest BCUT2D eigenvalue weighted by Crippen LogP contribution is 2.40. The van der Waals surface area contributed by atoms with Gasteiger partial charge in [-0.15, -0.1) is 0 Å². The van der Waals surface area contributed by atoms with Crippen molar-refractivity contribution in [2.75, 3.05) is 6.54 Å². The van der Waals surface area contributed by atoms with Crippen molar-refractivity contribution < 1.29 is 14.7 Å². The third-order valence-electron chi connectivity index (χ3n) is 5.18. The molecule has 0 aliphatic carbocycles. The Labute approximate surface area is 169 Å². The van der Waals surface area contributed by atoms with Crippen LogP contribution in [0.15, 0.2) is 59.9 Å². The summed E-state index contributed by atoms with van der Waals surface area (Å²) in [6.07, 6.45) is 1.85. The van der Waals surface area contributed by atoms with Gasteiger partial charge in [0.1, 0.15) is 5.75 Å². The number of fused-ring (bicyclic) bond motifs is 1. The fourth-order valence-electron chi connectivity index (χ4n) is 3.69. The molecule has 4 rings (SSSR count). The topological polar surface area (TPSA) is 86.7 Å². The maximum absolute atomic E-state index is 12.6. The number of carbonyl (C=O) groups excluding carboxylic acids is 1. The van der Waals surface area contributed by atoms with Crippen LogP contribution in [0.25, 0.3) is 10.9 Å². The molecule has 6 nitrogen and oxygen atoms in total. The predicted octanol–water partition coefficient (Wildman–Crippen LogP) is 4.13. The van der Waals surface area contributed by atoms with E-state index >= 15 is 0 Å². The van der Waals surface area contributed by atoms with Crippen molar-refractivity contribution in [2.45, 2.75) is 26.4 Å². The molecule has 2 heterocycles. The fourth-order valence-corrected chi connectivity index (χ4v) is 3.69. The molecular formula is C23H25N3O3. The van der Waals surface area contributed by atoms with E-state index in [-0.39, 0.29) is 30.1 Å². The molecule has 0 radical (unpaired) electrons. The average Bonchev–Trinajstić information content (AvgIpc) is 3.31. The van der Waals surface area contributed by atoms with E-state index in [9.17, 15) is 9.90 Å². The quantitative estimate of drug-likeness (QED) is 0.590. The number of phenols is 1. The maximum atomic E-state index is 12.6. The Morgan fingerprint density at radius 2 is 1.97 bits per heavy atom. The van der Waals surface area contributed by atoms with Gasteiger partial charge >= 0.3 is 0 Å². The number of carbonyl (C=O) groups is 1. The van der Waals surface area contributed by atoms with E-state index in [4.69, 9.17) is 4.84 Å². The highest BCUT2D eigenvalue weighted by molar-refractivity contribution is 6.05. The first-order chi connectivity index (χ1) is 14.0. The van der Waals surface area contributed by atoms with E-state index in [0.717, 1.165) is 27.7 Å². The molecule has 1 aliphatic rings. The number of benzene rings is 2. The number of para-hydroxylation sites is 1. The molecular weight excluding hydrogens is 366 g/mol. The molecule has 2 aromatic carbocycles. The number of nitrogens with one attached hydrogen (secondary N) is 2. The highest BCUT2D eigenvalue weighted by atomic mass is 16.6. The Morgan fingerprint density at radius 1 is 1.21 bits per heavy atom. The van der Waals surface area contributed by atoms with Crippen LogP contribution < -0.4 is 5.32 Å². The summed E-state index contributed by atoms with van der Waals surface area (Å²) in [6.45, 7) is 4.77. The van der Waals surface area contributed by atoms with Gasteiger partial charge < -0.3 is 20.2 Å². The molecule has 29 heavy (non-hydrogen) atoms. The summed E-state index contributed by atoms with van der Waals surface area (Å²) in [7, 11) is 0. The summed E-state index contributed by atoms with van der Waals surface area (Å²) in [6, 6.07) is 14.9. The van der Waals surface area contributed by atoms with Crippen molar-refractivity contribution in [3.8, 4) is 5.75 Å². The van der Waals surface area contributed by atoms with Gasteiger partial charge in [0.15, 0.2) is 6.10 Å². The van der Waals surface area contributed by atoms with Crippen LogP contribution in [0.5, 0.6) is 5.75 Å². The number of amides is 1. The normalized spacial score (nSPS) is 18.7. The van der Waals surface area contributed by atoms with Crippen molar-refractivity contribution >= 4 is 22.5 Å². The zero-order valence-corrected chi connectivity index (χ0v) is 16.6. The number of rotatable bonds is 6. The second-order valence-electron chi connectivity index (χ2n) is 7.85. The standard InChI is InChI=1S/C23H25N3O3/c1-14(2)12-25-21(28)11-18-22(15-7-9-16(27)10-8-15)26-29-23(18)19-13-24-20-6-4-3-5-17(19)20/h3-10,13-14,18,23-24,27H,11-12H2,1-2H3,(H,25,28). The van der Waals surface area contributed by atoms with Crippen molar-refractivity contribution in [1.29, 1.82) is 0 Å². The molecule has 0 saturated heterocycles. The van der Waals surface area contributed by atoms with Gasteiger partial charge in [0.25, 0.3) is 0 Å². The van der Waals surface area contributed by atoms with Crippen LogP contribution in [-0.2, 0) is 9.63 Å². The van der Waals surface area contributed by atoms with E-state index in [0.29, 0.717) is 12.5 Å². The summed E-state index contributed by atoms with van der Waals surface area (Å²) < 4.78 is 0. The Bertz CT molecular complexity index is 1040. The first kappa shape index (κ1) is 19.1. The molecule has 3 aromatic rings. The number of aromatic nitrogens is 1. The van der Waals surface area contributed by atoms with Crippen LogP contribution >= 0.6 is 0 Å². The lowest BCUT2D eigenvalue weighted by molar-refractivity contribution is -0.122. The number of nitrogens with zero attached hydrogens (tertiary/aromatic N) is 1. The fraction of sp³-hybridized carbons (Fsp3) is 0.304. The molecule has 3 N–H and O–H groups in total. The minimum atomic E-state index is -0.361. The number of H-pyrrole nitrogens is 1. The molecule has 0 spiro atoms. The SMILES string of the molecule is CC(C)CNC(=O)CC1C(c2ccc(O)cc2)=NOC1c1c[nH]c2ccccc12. The van der Waals surface area contributed by atoms with E-state index in [2.05, 4.69) is 29.3 Å². The van der Waals surface area contributed by atoms with Gasteiger partial charge in [-0.1, -0.05) is 37.2 Å². The second kappa shape index (κ2) is 7.99. The van der Waals surface area contributed by atoms with Crippen LogP contribution in [0.1, 0.15) is 37.5 Å². The Hall–Kier alpha value is -3.28. The summed E-state index contributed by atoms with van der Waals surface area (Å²) in [4.78, 5) is 21.8.